The highest BCUT2D eigenvalue weighted by Crippen LogP contribution is 2.58. The summed E-state index contributed by atoms with van der Waals surface area (Å²) in [6.45, 7) is 8.06. The van der Waals surface area contributed by atoms with Crippen LogP contribution in [0.2, 0.25) is 0 Å². The number of benzene rings is 1. The van der Waals surface area contributed by atoms with Crippen LogP contribution in [0.5, 0.6) is 0 Å². The van der Waals surface area contributed by atoms with Crippen molar-refractivity contribution in [1.82, 2.24) is 4.90 Å². The molecule has 11 nitrogen and oxygen atoms in total. The van der Waals surface area contributed by atoms with Crippen molar-refractivity contribution in [1.29, 1.82) is 0 Å². The molecule has 0 radical (unpaired) electrons. The molecule has 1 aromatic rings. The molecule has 3 aliphatic heterocycles. The summed E-state index contributed by atoms with van der Waals surface area (Å²) in [7, 11) is 9.06. The molecule has 12 heteroatoms. The summed E-state index contributed by atoms with van der Waals surface area (Å²) in [6.07, 6.45) is 7.03. The molecule has 0 N–H and O–H groups in total. The number of nitrogens with zero attached hydrogens (tertiary/aromatic N) is 1. The van der Waals surface area contributed by atoms with Crippen molar-refractivity contribution in [3.63, 3.8) is 0 Å². The molecule has 328 valence electrons. The Hall–Kier alpha value is -2.55. The van der Waals surface area contributed by atoms with Gasteiger partial charge in [-0.3, -0.25) is 9.59 Å². The fraction of sp³-hybridized carbons (Fsp3) is 0.745. The zero-order chi connectivity index (χ0) is 42.1. The van der Waals surface area contributed by atoms with E-state index >= 15 is 9.18 Å². The number of carbonyl (C=O) groups is 2. The zero-order valence-corrected chi connectivity index (χ0v) is 36.6. The van der Waals surface area contributed by atoms with Crippen LogP contribution in [0.25, 0.3) is 5.57 Å². The summed E-state index contributed by atoms with van der Waals surface area (Å²) in [5, 5.41) is 0. The van der Waals surface area contributed by atoms with Crippen molar-refractivity contribution < 1.29 is 51.9 Å². The smallest absolute Gasteiger partial charge is 0.306 e. The fourth-order valence-electron chi connectivity index (χ4n) is 11.5. The SMILES string of the molecule is CC[C@H]1CCC[C@H](O[C@H]2CC[C@H](N(C)C)C(C)O2)[C@@H](C)C(=O)C2=C[C@@H]3C(C(c4cccc(F)c4)=CC4C[C@@H](O[C@@H]5OC(C)[C@H](OC)C(OC)[C@@H]5OC)C[C@H]43)[C@@H]2CC(=O)O1. The maximum atomic E-state index is 15.1. The Morgan fingerprint density at radius 2 is 1.61 bits per heavy atom. The fourth-order valence-corrected chi connectivity index (χ4v) is 11.5. The number of halogens is 1. The van der Waals surface area contributed by atoms with Crippen LogP contribution >= 0.6 is 0 Å². The van der Waals surface area contributed by atoms with E-state index in [-0.39, 0.29) is 90.4 Å². The number of ether oxygens (including phenoxy) is 8. The first-order chi connectivity index (χ1) is 28.3. The highest BCUT2D eigenvalue weighted by molar-refractivity contribution is 5.99. The number of methoxy groups -OCH3 is 3. The molecule has 3 saturated heterocycles. The highest BCUT2D eigenvalue weighted by atomic mass is 19.1. The summed E-state index contributed by atoms with van der Waals surface area (Å²) in [4.78, 5) is 31.2. The van der Waals surface area contributed by atoms with Crippen molar-refractivity contribution in [2.24, 2.45) is 35.5 Å². The van der Waals surface area contributed by atoms with Gasteiger partial charge in [-0.05, 0) is 132 Å². The Morgan fingerprint density at radius 1 is 0.847 bits per heavy atom. The molecule has 0 aromatic heterocycles. The van der Waals surface area contributed by atoms with Crippen LogP contribution in [0.15, 0.2) is 42.0 Å². The quantitative estimate of drug-likeness (QED) is 0.224. The van der Waals surface area contributed by atoms with Crippen LogP contribution in [0, 0.1) is 41.3 Å². The Bertz CT molecular complexity index is 1680. The van der Waals surface area contributed by atoms with E-state index in [1.165, 1.54) is 6.07 Å². The molecule has 5 unspecified atom stereocenters. The standard InChI is InChI=1S/C47H68FNO10/c1-10-31-15-12-16-39(59-41-18-17-38(49(5)6)26(3)55-41)25(2)43(51)37-23-35-33-22-32(58-47-46(54-9)45(53-8)44(52-7)27(4)56-47)20-29(33)21-34(28-13-11-14-30(48)19-28)42(35)36(37)24-40(50)57-31/h11,13-14,19,21,23,25-27,29,31-33,35-36,38-39,41-42,44-47H,10,12,15-18,20,22,24H2,1-9H3/t25-,26?,27?,29?,31+,32-,33-,35+,36-,38+,39+,41+,42?,44+,45?,46+,47+/m1/s1. The van der Waals surface area contributed by atoms with Crippen LogP contribution in [0.3, 0.4) is 0 Å². The lowest BCUT2D eigenvalue weighted by molar-refractivity contribution is -0.314. The number of hydrogen-bond acceptors (Lipinski definition) is 11. The normalized spacial score (nSPS) is 41.8. The van der Waals surface area contributed by atoms with Crippen molar-refractivity contribution >= 4 is 17.3 Å². The van der Waals surface area contributed by atoms with Crippen LogP contribution in [-0.2, 0) is 47.5 Å². The third-order valence-electron chi connectivity index (χ3n) is 14.5. The van der Waals surface area contributed by atoms with Crippen LogP contribution in [-0.4, -0.2) is 120 Å². The van der Waals surface area contributed by atoms with Crippen molar-refractivity contribution in [3.05, 3.63) is 53.4 Å². The van der Waals surface area contributed by atoms with Gasteiger partial charge in [0.2, 0.25) is 0 Å². The van der Waals surface area contributed by atoms with Crippen LogP contribution in [0.4, 0.5) is 4.39 Å². The highest BCUT2D eigenvalue weighted by Gasteiger charge is 2.54. The third-order valence-corrected chi connectivity index (χ3v) is 14.5. The molecule has 3 aliphatic carbocycles. The predicted octanol–water partition coefficient (Wildman–Crippen LogP) is 7.15. The van der Waals surface area contributed by atoms with E-state index in [4.69, 9.17) is 37.9 Å². The van der Waals surface area contributed by atoms with E-state index in [1.54, 1.807) is 33.5 Å². The lowest BCUT2D eigenvalue weighted by Crippen LogP contribution is -2.59. The molecule has 0 spiro atoms. The van der Waals surface area contributed by atoms with Gasteiger partial charge < -0.3 is 42.8 Å². The number of carbonyl (C=O) groups excluding carboxylic acids is 2. The van der Waals surface area contributed by atoms with Gasteiger partial charge in [-0.2, -0.15) is 0 Å². The largest absolute Gasteiger partial charge is 0.462 e. The van der Waals surface area contributed by atoms with E-state index in [0.29, 0.717) is 43.7 Å². The summed E-state index contributed by atoms with van der Waals surface area (Å²) < 4.78 is 65.1. The van der Waals surface area contributed by atoms with Gasteiger partial charge in [0.1, 0.15) is 30.2 Å². The lowest BCUT2D eigenvalue weighted by Gasteiger charge is -2.44. The molecule has 3 heterocycles. The molecule has 1 saturated carbocycles. The number of esters is 1. The number of fused-ring (bicyclic) bond motifs is 5. The van der Waals surface area contributed by atoms with Crippen LogP contribution < -0.4 is 0 Å². The van der Waals surface area contributed by atoms with Crippen molar-refractivity contribution in [2.45, 2.75) is 153 Å². The summed E-state index contributed by atoms with van der Waals surface area (Å²) >= 11 is 0. The maximum Gasteiger partial charge on any atom is 0.306 e. The first kappa shape index (κ1) is 44.5. The average Bonchev–Trinajstić information content (AvgIpc) is 3.79. The number of rotatable bonds is 10. The number of ketones is 1. The number of likely N-dealkylation sites (N-methyl/N-ethyl adjacent to an activating group) is 1. The molecule has 1 aromatic carbocycles. The Labute approximate surface area is 350 Å². The van der Waals surface area contributed by atoms with Crippen LogP contribution in [0.1, 0.15) is 91.0 Å². The van der Waals surface area contributed by atoms with E-state index in [2.05, 4.69) is 38.1 Å². The number of Topliss-reactive ketones (excluding diaryl/α,β-unsaturated/α-hetero) is 1. The van der Waals surface area contributed by atoms with E-state index in [0.717, 1.165) is 30.4 Å². The first-order valence-electron chi connectivity index (χ1n) is 22.1. The second kappa shape index (κ2) is 19.2. The van der Waals surface area contributed by atoms with E-state index < -0.39 is 30.5 Å². The first-order valence-corrected chi connectivity index (χ1v) is 22.1. The molecule has 4 fully saturated rings. The second-order valence-electron chi connectivity index (χ2n) is 18.2. The summed E-state index contributed by atoms with van der Waals surface area (Å²) in [5.74, 6) is -1.68. The molecular weight excluding hydrogens is 758 g/mol. The molecule has 59 heavy (non-hydrogen) atoms. The third kappa shape index (κ3) is 9.31. The molecule has 0 bridgehead atoms. The van der Waals surface area contributed by atoms with Gasteiger partial charge in [-0.15, -0.1) is 0 Å². The van der Waals surface area contributed by atoms with Gasteiger partial charge in [-0.25, -0.2) is 4.39 Å². The number of hydrogen-bond donors (Lipinski definition) is 0. The second-order valence-corrected chi connectivity index (χ2v) is 18.2. The number of cyclic esters (lactones) is 1. The Kier molecular flexibility index (Phi) is 14.5. The number of allylic oxidation sites excluding steroid dienone is 4. The molecule has 7 rings (SSSR count). The predicted molar refractivity (Wildman–Crippen MR) is 219 cm³/mol. The van der Waals surface area contributed by atoms with Gasteiger partial charge in [0.05, 0.1) is 30.8 Å². The monoisotopic (exact) mass is 825 g/mol. The summed E-state index contributed by atoms with van der Waals surface area (Å²) in [6, 6.07) is 6.99. The van der Waals surface area contributed by atoms with Gasteiger partial charge in [0.25, 0.3) is 0 Å². The van der Waals surface area contributed by atoms with Gasteiger partial charge >= 0.3 is 5.97 Å². The minimum absolute atomic E-state index is 0.00313. The maximum absolute atomic E-state index is 15.1. The molecule has 6 aliphatic rings. The molecule has 0 amide bonds. The minimum Gasteiger partial charge on any atom is -0.462 e. The molecule has 17 atom stereocenters. The molecular formula is C47H68FNO10. The lowest BCUT2D eigenvalue weighted by atomic mass is 9.65. The van der Waals surface area contributed by atoms with E-state index in [9.17, 15) is 4.79 Å². The van der Waals surface area contributed by atoms with Gasteiger partial charge in [-0.1, -0.05) is 38.1 Å². The minimum atomic E-state index is -0.679. The summed E-state index contributed by atoms with van der Waals surface area (Å²) in [5.41, 5.74) is 2.39. The zero-order valence-electron chi connectivity index (χ0n) is 36.6. The van der Waals surface area contributed by atoms with Crippen molar-refractivity contribution in [2.75, 3.05) is 35.4 Å². The van der Waals surface area contributed by atoms with E-state index in [1.807, 2.05) is 26.8 Å². The topological polar surface area (TPSA) is 111 Å². The Morgan fingerprint density at radius 3 is 2.29 bits per heavy atom. The average molecular weight is 826 g/mol. The van der Waals surface area contributed by atoms with Gasteiger partial charge in [0.15, 0.2) is 18.4 Å². The Balaban J connectivity index is 1.21. The van der Waals surface area contributed by atoms with Crippen molar-refractivity contribution in [3.8, 4) is 0 Å². The van der Waals surface area contributed by atoms with Gasteiger partial charge in [0, 0.05) is 39.2 Å².